The second kappa shape index (κ2) is 7.56. The summed E-state index contributed by atoms with van der Waals surface area (Å²) in [4.78, 5) is 20.5. The molecule has 1 aromatic carbocycles. The fourth-order valence-corrected chi connectivity index (χ4v) is 3.91. The van der Waals surface area contributed by atoms with Crippen molar-refractivity contribution in [2.75, 3.05) is 13.2 Å². The number of benzene rings is 1. The number of rotatable bonds is 7. The van der Waals surface area contributed by atoms with Crippen LogP contribution in [-0.2, 0) is 0 Å². The zero-order valence-electron chi connectivity index (χ0n) is 15.4. The predicted octanol–water partition coefficient (Wildman–Crippen LogP) is 4.78. The number of carbonyl (C=O) groups is 1. The van der Waals surface area contributed by atoms with Crippen molar-refractivity contribution < 1.29 is 9.53 Å². The van der Waals surface area contributed by atoms with E-state index in [0.29, 0.717) is 18.6 Å². The van der Waals surface area contributed by atoms with E-state index in [2.05, 4.69) is 18.8 Å². The Hall–Kier alpha value is -1.88. The summed E-state index contributed by atoms with van der Waals surface area (Å²) in [7, 11) is 0. The van der Waals surface area contributed by atoms with Crippen LogP contribution in [0.2, 0.25) is 0 Å². The van der Waals surface area contributed by atoms with Crippen LogP contribution in [0.5, 0.6) is 5.75 Å². The number of hydrogen-bond donors (Lipinski definition) is 0. The fraction of sp³-hybridized carbons (Fsp3) is 0.500. The maximum absolute atomic E-state index is 13.0. The topological polar surface area (TPSA) is 42.4 Å². The molecule has 1 aliphatic carbocycles. The third-order valence-corrected chi connectivity index (χ3v) is 5.41. The monoisotopic (exact) mass is 358 g/mol. The standard InChI is InChI=1S/C20H26N2O2S/c1-5-24-17-10-6-15(7-11-17)19-21-14(4)18(25-19)20(23)22(12-13(2)3)16-8-9-16/h6-7,10-11,13,16H,5,8-9,12H2,1-4H3. The number of aryl methyl sites for hydroxylation is 1. The van der Waals surface area contributed by atoms with Gasteiger partial charge in [-0.1, -0.05) is 13.8 Å². The Morgan fingerprint density at radius 1 is 1.32 bits per heavy atom. The number of thiazole rings is 1. The minimum Gasteiger partial charge on any atom is -0.494 e. The van der Waals surface area contributed by atoms with Gasteiger partial charge in [-0.15, -0.1) is 11.3 Å². The van der Waals surface area contributed by atoms with Crippen molar-refractivity contribution in [2.24, 2.45) is 5.92 Å². The summed E-state index contributed by atoms with van der Waals surface area (Å²) in [5.41, 5.74) is 1.85. The number of amides is 1. The molecule has 0 atom stereocenters. The Labute approximate surface area is 153 Å². The van der Waals surface area contributed by atoms with Crippen LogP contribution in [0.25, 0.3) is 10.6 Å². The Morgan fingerprint density at radius 2 is 2.00 bits per heavy atom. The van der Waals surface area contributed by atoms with E-state index < -0.39 is 0 Å². The number of carbonyl (C=O) groups excluding carboxylic acids is 1. The van der Waals surface area contributed by atoms with Crippen LogP contribution < -0.4 is 4.74 Å². The van der Waals surface area contributed by atoms with E-state index in [4.69, 9.17) is 4.74 Å². The first-order chi connectivity index (χ1) is 12.0. The van der Waals surface area contributed by atoms with Gasteiger partial charge >= 0.3 is 0 Å². The molecule has 1 heterocycles. The number of nitrogens with zero attached hydrogens (tertiary/aromatic N) is 2. The predicted molar refractivity (Wildman–Crippen MR) is 102 cm³/mol. The van der Waals surface area contributed by atoms with Gasteiger partial charge in [0.2, 0.25) is 0 Å². The molecule has 4 nitrogen and oxygen atoms in total. The summed E-state index contributed by atoms with van der Waals surface area (Å²) < 4.78 is 5.49. The van der Waals surface area contributed by atoms with Gasteiger partial charge in [0, 0.05) is 18.2 Å². The highest BCUT2D eigenvalue weighted by molar-refractivity contribution is 7.17. The highest BCUT2D eigenvalue weighted by atomic mass is 32.1. The van der Waals surface area contributed by atoms with E-state index in [1.807, 2.05) is 43.0 Å². The summed E-state index contributed by atoms with van der Waals surface area (Å²) in [6.45, 7) is 9.70. The zero-order chi connectivity index (χ0) is 18.0. The van der Waals surface area contributed by atoms with Gasteiger partial charge in [-0.2, -0.15) is 0 Å². The lowest BCUT2D eigenvalue weighted by Crippen LogP contribution is -2.36. The molecule has 0 unspecified atom stereocenters. The van der Waals surface area contributed by atoms with E-state index in [0.717, 1.165) is 46.3 Å². The third-order valence-electron chi connectivity index (χ3n) is 4.21. The van der Waals surface area contributed by atoms with Gasteiger partial charge < -0.3 is 9.64 Å². The van der Waals surface area contributed by atoms with E-state index in [1.54, 1.807) is 0 Å². The quantitative estimate of drug-likeness (QED) is 0.715. The van der Waals surface area contributed by atoms with Crippen molar-refractivity contribution in [3.63, 3.8) is 0 Å². The molecule has 25 heavy (non-hydrogen) atoms. The number of hydrogen-bond acceptors (Lipinski definition) is 4. The summed E-state index contributed by atoms with van der Waals surface area (Å²) in [6.07, 6.45) is 2.25. The Morgan fingerprint density at radius 3 is 2.56 bits per heavy atom. The van der Waals surface area contributed by atoms with Crippen molar-refractivity contribution in [1.29, 1.82) is 0 Å². The van der Waals surface area contributed by atoms with Gasteiger partial charge in [-0.3, -0.25) is 4.79 Å². The van der Waals surface area contributed by atoms with Crippen molar-refractivity contribution in [3.05, 3.63) is 34.8 Å². The molecule has 0 aliphatic heterocycles. The van der Waals surface area contributed by atoms with Crippen LogP contribution in [0.1, 0.15) is 49.0 Å². The SMILES string of the molecule is CCOc1ccc(-c2nc(C)c(C(=O)N(CC(C)C)C3CC3)s2)cc1. The average Bonchev–Trinajstić information content (AvgIpc) is 3.35. The molecule has 2 aromatic rings. The molecule has 134 valence electrons. The van der Waals surface area contributed by atoms with Crippen LogP contribution in [0.4, 0.5) is 0 Å². The summed E-state index contributed by atoms with van der Waals surface area (Å²) in [5, 5.41) is 0.893. The van der Waals surface area contributed by atoms with E-state index in [1.165, 1.54) is 11.3 Å². The number of ether oxygens (including phenoxy) is 1. The van der Waals surface area contributed by atoms with Gasteiger partial charge in [-0.25, -0.2) is 4.98 Å². The number of aromatic nitrogens is 1. The van der Waals surface area contributed by atoms with Gasteiger partial charge in [0.05, 0.1) is 12.3 Å². The molecule has 3 rings (SSSR count). The van der Waals surface area contributed by atoms with E-state index >= 15 is 0 Å². The van der Waals surface area contributed by atoms with Crippen molar-refractivity contribution >= 4 is 17.2 Å². The average molecular weight is 359 g/mol. The minimum atomic E-state index is 0.142. The maximum Gasteiger partial charge on any atom is 0.266 e. The first-order valence-electron chi connectivity index (χ1n) is 9.01. The normalized spacial score (nSPS) is 14.0. The minimum absolute atomic E-state index is 0.142. The van der Waals surface area contributed by atoms with E-state index in [9.17, 15) is 4.79 Å². The molecule has 0 N–H and O–H groups in total. The molecular formula is C20H26N2O2S. The molecule has 1 fully saturated rings. The van der Waals surface area contributed by atoms with Gasteiger partial charge in [0.1, 0.15) is 15.6 Å². The second-order valence-electron chi connectivity index (χ2n) is 6.97. The summed E-state index contributed by atoms with van der Waals surface area (Å²) in [6, 6.07) is 8.33. The zero-order valence-corrected chi connectivity index (χ0v) is 16.2. The van der Waals surface area contributed by atoms with Crippen LogP contribution in [0.15, 0.2) is 24.3 Å². The van der Waals surface area contributed by atoms with Gasteiger partial charge in [-0.05, 0) is 56.9 Å². The molecule has 0 bridgehead atoms. The molecule has 1 aromatic heterocycles. The highest BCUT2D eigenvalue weighted by Gasteiger charge is 2.34. The van der Waals surface area contributed by atoms with Crippen LogP contribution in [-0.4, -0.2) is 35.0 Å². The molecule has 5 heteroatoms. The maximum atomic E-state index is 13.0. The van der Waals surface area contributed by atoms with Crippen molar-refractivity contribution in [3.8, 4) is 16.3 Å². The Kier molecular flexibility index (Phi) is 5.42. The van der Waals surface area contributed by atoms with Crippen LogP contribution in [0, 0.1) is 12.8 Å². The second-order valence-corrected chi connectivity index (χ2v) is 7.97. The van der Waals surface area contributed by atoms with Crippen LogP contribution >= 0.6 is 11.3 Å². The van der Waals surface area contributed by atoms with Crippen molar-refractivity contribution in [1.82, 2.24) is 9.88 Å². The lowest BCUT2D eigenvalue weighted by atomic mass is 10.2. The lowest BCUT2D eigenvalue weighted by Gasteiger charge is -2.24. The fourth-order valence-electron chi connectivity index (χ4n) is 2.89. The molecule has 0 radical (unpaired) electrons. The smallest absolute Gasteiger partial charge is 0.266 e. The van der Waals surface area contributed by atoms with Crippen molar-refractivity contribution in [2.45, 2.75) is 46.6 Å². The summed E-state index contributed by atoms with van der Waals surface area (Å²) >= 11 is 1.50. The Bertz CT molecular complexity index is 733. The molecule has 0 spiro atoms. The molecule has 1 saturated carbocycles. The Balaban J connectivity index is 1.82. The highest BCUT2D eigenvalue weighted by Crippen LogP contribution is 2.34. The first-order valence-corrected chi connectivity index (χ1v) is 9.82. The summed E-state index contributed by atoms with van der Waals surface area (Å²) in [5.74, 6) is 1.47. The molecule has 1 aliphatic rings. The lowest BCUT2D eigenvalue weighted by molar-refractivity contribution is 0.0726. The van der Waals surface area contributed by atoms with E-state index in [-0.39, 0.29) is 5.91 Å². The first kappa shape index (κ1) is 17.9. The molecule has 0 saturated heterocycles. The van der Waals surface area contributed by atoms with Gasteiger partial charge in [0.25, 0.3) is 5.91 Å². The van der Waals surface area contributed by atoms with Crippen LogP contribution in [0.3, 0.4) is 0 Å². The molecule has 1 amide bonds. The molecular weight excluding hydrogens is 332 g/mol. The van der Waals surface area contributed by atoms with Gasteiger partial charge in [0.15, 0.2) is 0 Å². The largest absolute Gasteiger partial charge is 0.494 e. The third kappa shape index (κ3) is 4.21.